The molecule has 34 heavy (non-hydrogen) atoms. The maximum atomic E-state index is 13.6. The number of anilines is 3. The number of nitrogens with zero attached hydrogens (tertiary/aromatic N) is 3. The zero-order valence-electron chi connectivity index (χ0n) is 20.6. The molecule has 1 atom stereocenters. The largest absolute Gasteiger partial charge is 0.358 e. The minimum atomic E-state index is -0.264. The van der Waals surface area contributed by atoms with Crippen LogP contribution in [0.2, 0.25) is 0 Å². The van der Waals surface area contributed by atoms with Crippen molar-refractivity contribution in [2.45, 2.75) is 53.0 Å². The van der Waals surface area contributed by atoms with Crippen LogP contribution in [0.25, 0.3) is 0 Å². The first kappa shape index (κ1) is 23.8. The molecule has 4 rings (SSSR count). The van der Waals surface area contributed by atoms with Crippen LogP contribution in [0.5, 0.6) is 0 Å². The Morgan fingerprint density at radius 3 is 2.38 bits per heavy atom. The molecule has 2 aliphatic heterocycles. The maximum absolute atomic E-state index is 13.6. The van der Waals surface area contributed by atoms with E-state index in [1.54, 1.807) is 15.9 Å². The summed E-state index contributed by atoms with van der Waals surface area (Å²) < 4.78 is 0. The van der Waals surface area contributed by atoms with Crippen LogP contribution < -0.4 is 15.1 Å². The monoisotopic (exact) mass is 462 g/mol. The number of hydrogen-bond donors (Lipinski definition) is 1. The van der Waals surface area contributed by atoms with E-state index in [9.17, 15) is 14.4 Å². The van der Waals surface area contributed by atoms with Crippen LogP contribution in [0.3, 0.4) is 0 Å². The summed E-state index contributed by atoms with van der Waals surface area (Å²) in [7, 11) is 0. The fourth-order valence-electron chi connectivity index (χ4n) is 5.14. The first-order valence-corrected chi connectivity index (χ1v) is 12.2. The minimum Gasteiger partial charge on any atom is -0.358 e. The third-order valence-electron chi connectivity index (χ3n) is 6.73. The molecule has 1 N–H and O–H groups in total. The van der Waals surface area contributed by atoms with E-state index in [4.69, 9.17) is 0 Å². The fraction of sp³-hybridized carbons (Fsp3) is 0.444. The van der Waals surface area contributed by atoms with Gasteiger partial charge in [-0.25, -0.2) is 0 Å². The van der Waals surface area contributed by atoms with Crippen LogP contribution in [-0.4, -0.2) is 54.8 Å². The molecule has 0 unspecified atom stereocenters. The fourth-order valence-corrected chi connectivity index (χ4v) is 5.14. The first-order chi connectivity index (χ1) is 16.3. The van der Waals surface area contributed by atoms with Gasteiger partial charge in [0.05, 0.1) is 11.4 Å². The Labute approximate surface area is 201 Å². The van der Waals surface area contributed by atoms with Gasteiger partial charge in [0.15, 0.2) is 0 Å². The Balaban J connectivity index is 1.67. The number of piperidine rings is 1. The summed E-state index contributed by atoms with van der Waals surface area (Å²) in [5, 5.41) is 2.95. The Kier molecular flexibility index (Phi) is 6.91. The smallest absolute Gasteiger partial charge is 0.253 e. The molecule has 3 amide bonds. The van der Waals surface area contributed by atoms with Crippen LogP contribution in [0.15, 0.2) is 36.4 Å². The molecule has 0 aromatic heterocycles. The van der Waals surface area contributed by atoms with Gasteiger partial charge in [-0.05, 0) is 88.4 Å². The minimum absolute atomic E-state index is 0.0688. The molecule has 7 heteroatoms. The van der Waals surface area contributed by atoms with Crippen molar-refractivity contribution < 1.29 is 14.4 Å². The van der Waals surface area contributed by atoms with E-state index < -0.39 is 0 Å². The van der Waals surface area contributed by atoms with Gasteiger partial charge in [0.2, 0.25) is 11.8 Å². The second-order valence-corrected chi connectivity index (χ2v) is 9.23. The lowest BCUT2D eigenvalue weighted by Gasteiger charge is -2.45. The molecule has 1 saturated heterocycles. The average molecular weight is 463 g/mol. The molecule has 180 valence electrons. The van der Waals surface area contributed by atoms with Gasteiger partial charge in [0.25, 0.3) is 5.91 Å². The molecule has 2 aromatic rings. The second kappa shape index (κ2) is 9.87. The van der Waals surface area contributed by atoms with Crippen LogP contribution in [0, 0.1) is 13.8 Å². The predicted octanol–water partition coefficient (Wildman–Crippen LogP) is 4.13. The number of nitrogens with one attached hydrogen (secondary N) is 1. The normalized spacial score (nSPS) is 17.2. The lowest BCUT2D eigenvalue weighted by molar-refractivity contribution is -0.123. The van der Waals surface area contributed by atoms with Crippen LogP contribution in [0.4, 0.5) is 17.1 Å². The number of aryl methyl sites for hydroxylation is 2. The van der Waals surface area contributed by atoms with E-state index in [0.29, 0.717) is 24.3 Å². The van der Waals surface area contributed by atoms with Gasteiger partial charge >= 0.3 is 0 Å². The molecule has 0 aliphatic carbocycles. The molecular weight excluding hydrogens is 428 g/mol. The number of amides is 3. The quantitative estimate of drug-likeness (QED) is 0.701. The van der Waals surface area contributed by atoms with E-state index in [1.807, 2.05) is 58.0 Å². The van der Waals surface area contributed by atoms with Crippen LogP contribution in [-0.2, 0) is 9.59 Å². The molecule has 2 aromatic carbocycles. The Hall–Kier alpha value is -3.35. The summed E-state index contributed by atoms with van der Waals surface area (Å²) >= 11 is 0. The number of fused-ring (bicyclic) bond motifs is 3. The number of benzene rings is 2. The van der Waals surface area contributed by atoms with E-state index >= 15 is 0 Å². The van der Waals surface area contributed by atoms with Gasteiger partial charge in [-0.15, -0.1) is 0 Å². The van der Waals surface area contributed by atoms with Gasteiger partial charge < -0.3 is 15.1 Å². The average Bonchev–Trinajstić information content (AvgIpc) is 2.81. The third-order valence-corrected chi connectivity index (χ3v) is 6.73. The maximum Gasteiger partial charge on any atom is 0.253 e. The molecular formula is C27H34N4O3. The number of carbonyl (C=O) groups excluding carboxylic acids is 3. The summed E-state index contributed by atoms with van der Waals surface area (Å²) in [6, 6.07) is 11.2. The topological polar surface area (TPSA) is 73.0 Å². The highest BCUT2D eigenvalue weighted by molar-refractivity contribution is 6.11. The molecule has 0 radical (unpaired) electrons. The summed E-state index contributed by atoms with van der Waals surface area (Å²) in [6.45, 7) is 9.81. The molecule has 2 aliphatic rings. The van der Waals surface area contributed by atoms with Gasteiger partial charge in [-0.2, -0.15) is 0 Å². The number of hydrogen-bond acceptors (Lipinski definition) is 4. The lowest BCUT2D eigenvalue weighted by Crippen LogP contribution is -2.56. The highest BCUT2D eigenvalue weighted by atomic mass is 16.2. The van der Waals surface area contributed by atoms with Gasteiger partial charge in [-0.1, -0.05) is 6.07 Å². The van der Waals surface area contributed by atoms with Crippen LogP contribution >= 0.6 is 0 Å². The van der Waals surface area contributed by atoms with Crippen molar-refractivity contribution in [2.75, 3.05) is 41.3 Å². The molecule has 2 heterocycles. The summed E-state index contributed by atoms with van der Waals surface area (Å²) in [5.41, 5.74) is 4.93. The van der Waals surface area contributed by atoms with E-state index in [0.717, 1.165) is 48.3 Å². The van der Waals surface area contributed by atoms with E-state index in [1.165, 1.54) is 0 Å². The van der Waals surface area contributed by atoms with Crippen molar-refractivity contribution in [1.29, 1.82) is 0 Å². The second-order valence-electron chi connectivity index (χ2n) is 9.23. The molecule has 1 fully saturated rings. The summed E-state index contributed by atoms with van der Waals surface area (Å²) in [6.07, 6.45) is 2.79. The highest BCUT2D eigenvalue weighted by Gasteiger charge is 2.40. The first-order valence-electron chi connectivity index (χ1n) is 12.2. The number of carbonyl (C=O) groups is 3. The van der Waals surface area contributed by atoms with Crippen molar-refractivity contribution in [3.05, 3.63) is 53.1 Å². The third kappa shape index (κ3) is 4.65. The summed E-state index contributed by atoms with van der Waals surface area (Å²) in [4.78, 5) is 45.1. The van der Waals surface area contributed by atoms with Gasteiger partial charge in [-0.3, -0.25) is 19.3 Å². The lowest BCUT2D eigenvalue weighted by atomic mass is 9.95. The predicted molar refractivity (Wildman–Crippen MR) is 136 cm³/mol. The standard InChI is InChI=1S/C27H34N4O3/c1-5-29(6-2)26(33)20-10-11-22-24(16-20)31(27(34)23-9-7-8-12-30(22)23)17-25(32)28-21-14-18(3)13-19(4)15-21/h10-11,13-16,23H,5-9,12,17H2,1-4H3,(H,28,32)/t23-/m0/s1. The van der Waals surface area contributed by atoms with E-state index in [2.05, 4.69) is 10.2 Å². The van der Waals surface area contributed by atoms with Crippen molar-refractivity contribution in [1.82, 2.24) is 4.90 Å². The zero-order chi connectivity index (χ0) is 24.4. The number of rotatable bonds is 6. The zero-order valence-corrected chi connectivity index (χ0v) is 20.6. The van der Waals surface area contributed by atoms with Crippen molar-refractivity contribution >= 4 is 34.8 Å². The highest BCUT2D eigenvalue weighted by Crippen LogP contribution is 2.40. The van der Waals surface area contributed by atoms with Gasteiger partial charge in [0, 0.05) is 30.9 Å². The molecule has 0 bridgehead atoms. The summed E-state index contributed by atoms with van der Waals surface area (Å²) in [5.74, 6) is -0.398. The van der Waals surface area contributed by atoms with Crippen molar-refractivity contribution in [3.63, 3.8) is 0 Å². The van der Waals surface area contributed by atoms with E-state index in [-0.39, 0.29) is 30.3 Å². The molecule has 7 nitrogen and oxygen atoms in total. The van der Waals surface area contributed by atoms with Gasteiger partial charge in [0.1, 0.15) is 12.6 Å². The SMILES string of the molecule is CCN(CC)C(=O)c1ccc2c(c1)N(CC(=O)Nc1cc(C)cc(C)c1)C(=O)[C@@H]1CCCCN21. The molecule has 0 spiro atoms. The van der Waals surface area contributed by atoms with Crippen molar-refractivity contribution in [3.8, 4) is 0 Å². The van der Waals surface area contributed by atoms with Crippen molar-refractivity contribution in [2.24, 2.45) is 0 Å². The Morgan fingerprint density at radius 1 is 1.00 bits per heavy atom. The Morgan fingerprint density at radius 2 is 1.71 bits per heavy atom. The molecule has 0 saturated carbocycles. The Bertz CT molecular complexity index is 1090. The van der Waals surface area contributed by atoms with Crippen LogP contribution in [0.1, 0.15) is 54.6 Å².